The van der Waals surface area contributed by atoms with Crippen molar-refractivity contribution in [3.8, 4) is 11.8 Å². The normalized spacial score (nSPS) is 19.0. The van der Waals surface area contributed by atoms with Crippen molar-refractivity contribution in [3.63, 3.8) is 0 Å². The van der Waals surface area contributed by atoms with Gasteiger partial charge in [0.15, 0.2) is 5.78 Å². The van der Waals surface area contributed by atoms with E-state index >= 15 is 0 Å². The van der Waals surface area contributed by atoms with E-state index in [9.17, 15) is 9.59 Å². The number of anilines is 1. The Labute approximate surface area is 170 Å². The summed E-state index contributed by atoms with van der Waals surface area (Å²) in [4.78, 5) is 27.9. The number of carbonyl (C=O) groups is 2. The summed E-state index contributed by atoms with van der Waals surface area (Å²) in [6, 6.07) is 16.7. The second-order valence-electron chi connectivity index (χ2n) is 7.25. The fourth-order valence-corrected chi connectivity index (χ4v) is 4.30. The summed E-state index contributed by atoms with van der Waals surface area (Å²) in [6.07, 6.45) is 2.13. The number of nitriles is 1. The van der Waals surface area contributed by atoms with Crippen LogP contribution in [0.25, 0.3) is 0 Å². The van der Waals surface area contributed by atoms with E-state index in [2.05, 4.69) is 6.07 Å². The lowest BCUT2D eigenvalue weighted by molar-refractivity contribution is -0.119. The number of para-hydroxylation sites is 1. The molecule has 5 nitrogen and oxygen atoms in total. The maximum absolute atomic E-state index is 13.2. The minimum absolute atomic E-state index is 0.0422. The molecule has 1 amide bonds. The standard InChI is InChI=1S/C24H22N2O3/c1-2-29-22-9-4-3-6-18(22)19-14-23(28)26(17-12-10-16(15-25)11-13-17)20-7-5-8-21(27)24(19)20/h3-4,6,9-13,19H,2,5,7-8,14H2,1H3. The Kier molecular flexibility index (Phi) is 5.18. The zero-order chi connectivity index (χ0) is 20.4. The minimum Gasteiger partial charge on any atom is -0.494 e. The average molecular weight is 386 g/mol. The minimum atomic E-state index is -0.289. The van der Waals surface area contributed by atoms with E-state index < -0.39 is 0 Å². The number of hydrogen-bond donors (Lipinski definition) is 0. The van der Waals surface area contributed by atoms with Crippen molar-refractivity contribution >= 4 is 17.4 Å². The van der Waals surface area contributed by atoms with Crippen LogP contribution in [0.15, 0.2) is 59.8 Å². The van der Waals surface area contributed by atoms with E-state index in [1.165, 1.54) is 0 Å². The number of allylic oxidation sites excluding steroid dienone is 2. The second kappa shape index (κ2) is 7.92. The molecule has 0 saturated carbocycles. The summed E-state index contributed by atoms with van der Waals surface area (Å²) in [5, 5.41) is 9.05. The van der Waals surface area contributed by atoms with Gasteiger partial charge in [0, 0.05) is 41.3 Å². The molecule has 0 spiro atoms. The largest absolute Gasteiger partial charge is 0.494 e. The molecule has 0 N–H and O–H groups in total. The van der Waals surface area contributed by atoms with Gasteiger partial charge in [0.2, 0.25) is 5.91 Å². The Morgan fingerprint density at radius 1 is 1.10 bits per heavy atom. The molecule has 2 aromatic carbocycles. The first-order valence-corrected chi connectivity index (χ1v) is 9.95. The molecule has 0 fully saturated rings. The topological polar surface area (TPSA) is 70.4 Å². The average Bonchev–Trinajstić information content (AvgIpc) is 2.74. The molecule has 1 heterocycles. The molecule has 29 heavy (non-hydrogen) atoms. The highest BCUT2D eigenvalue weighted by Crippen LogP contribution is 2.45. The predicted octanol–water partition coefficient (Wildman–Crippen LogP) is 4.48. The van der Waals surface area contributed by atoms with Crippen molar-refractivity contribution in [1.29, 1.82) is 5.26 Å². The number of amides is 1. The molecule has 0 aromatic heterocycles. The van der Waals surface area contributed by atoms with Crippen LogP contribution < -0.4 is 9.64 Å². The van der Waals surface area contributed by atoms with Crippen LogP contribution in [0.3, 0.4) is 0 Å². The van der Waals surface area contributed by atoms with Crippen molar-refractivity contribution in [2.24, 2.45) is 0 Å². The highest BCUT2D eigenvalue weighted by Gasteiger charge is 2.40. The lowest BCUT2D eigenvalue weighted by Gasteiger charge is -2.38. The number of Topliss-reactive ketones (excluding diaryl/α,β-unsaturated/α-hetero) is 1. The number of hydrogen-bond acceptors (Lipinski definition) is 4. The van der Waals surface area contributed by atoms with Crippen LogP contribution in [0.2, 0.25) is 0 Å². The Morgan fingerprint density at radius 2 is 1.86 bits per heavy atom. The van der Waals surface area contributed by atoms with Crippen LogP contribution in [0.4, 0.5) is 5.69 Å². The summed E-state index contributed by atoms with van der Waals surface area (Å²) < 4.78 is 5.79. The smallest absolute Gasteiger partial charge is 0.232 e. The van der Waals surface area contributed by atoms with E-state index in [1.807, 2.05) is 31.2 Å². The van der Waals surface area contributed by atoms with E-state index in [0.29, 0.717) is 30.7 Å². The number of carbonyl (C=O) groups excluding carboxylic acids is 2. The van der Waals surface area contributed by atoms with Crippen molar-refractivity contribution in [3.05, 3.63) is 70.9 Å². The van der Waals surface area contributed by atoms with Crippen molar-refractivity contribution in [1.82, 2.24) is 0 Å². The number of nitrogens with zero attached hydrogens (tertiary/aromatic N) is 2. The first-order chi connectivity index (χ1) is 14.1. The van der Waals surface area contributed by atoms with E-state index in [4.69, 9.17) is 10.00 Å². The SMILES string of the molecule is CCOc1ccccc1C1CC(=O)N(c2ccc(C#N)cc2)C2=C1C(=O)CCC2. The van der Waals surface area contributed by atoms with Gasteiger partial charge in [-0.15, -0.1) is 0 Å². The van der Waals surface area contributed by atoms with Gasteiger partial charge in [-0.3, -0.25) is 14.5 Å². The molecule has 2 aromatic rings. The first-order valence-electron chi connectivity index (χ1n) is 9.95. The Bertz CT molecular complexity index is 1030. The van der Waals surface area contributed by atoms with Crippen LogP contribution in [0.5, 0.6) is 5.75 Å². The van der Waals surface area contributed by atoms with Gasteiger partial charge in [0.25, 0.3) is 0 Å². The molecule has 2 aliphatic rings. The van der Waals surface area contributed by atoms with Crippen molar-refractivity contribution < 1.29 is 14.3 Å². The van der Waals surface area contributed by atoms with Crippen LogP contribution >= 0.6 is 0 Å². The van der Waals surface area contributed by atoms with Crippen LogP contribution in [0.1, 0.15) is 49.7 Å². The zero-order valence-corrected chi connectivity index (χ0v) is 16.4. The molecular formula is C24H22N2O3. The lowest BCUT2D eigenvalue weighted by Crippen LogP contribution is -2.40. The van der Waals surface area contributed by atoms with Gasteiger partial charge in [-0.05, 0) is 50.1 Å². The van der Waals surface area contributed by atoms with Crippen LogP contribution in [0, 0.1) is 11.3 Å². The molecule has 1 atom stereocenters. The molecule has 0 radical (unpaired) electrons. The van der Waals surface area contributed by atoms with Gasteiger partial charge in [0.1, 0.15) is 5.75 Å². The second-order valence-corrected chi connectivity index (χ2v) is 7.25. The summed E-state index contributed by atoms with van der Waals surface area (Å²) in [5.74, 6) is 0.501. The van der Waals surface area contributed by atoms with Gasteiger partial charge in [-0.25, -0.2) is 0 Å². The maximum atomic E-state index is 13.2. The van der Waals surface area contributed by atoms with Gasteiger partial charge >= 0.3 is 0 Å². The van der Waals surface area contributed by atoms with Gasteiger partial charge in [0.05, 0.1) is 18.2 Å². The maximum Gasteiger partial charge on any atom is 0.232 e. The molecule has 1 aliphatic carbocycles. The van der Waals surface area contributed by atoms with Gasteiger partial charge in [-0.1, -0.05) is 18.2 Å². The highest BCUT2D eigenvalue weighted by molar-refractivity contribution is 6.07. The zero-order valence-electron chi connectivity index (χ0n) is 16.4. The molecule has 1 aliphatic heterocycles. The fraction of sp³-hybridized carbons (Fsp3) is 0.292. The Morgan fingerprint density at radius 3 is 2.59 bits per heavy atom. The number of ketones is 1. The summed E-state index contributed by atoms with van der Waals surface area (Å²) in [6.45, 7) is 2.45. The quantitative estimate of drug-likeness (QED) is 0.776. The Hall–Kier alpha value is -3.39. The molecule has 5 heteroatoms. The first kappa shape index (κ1) is 18.9. The third kappa shape index (κ3) is 3.42. The predicted molar refractivity (Wildman–Crippen MR) is 109 cm³/mol. The number of benzene rings is 2. The van der Waals surface area contributed by atoms with Crippen molar-refractivity contribution in [2.75, 3.05) is 11.5 Å². The van der Waals surface area contributed by atoms with Gasteiger partial charge in [-0.2, -0.15) is 5.26 Å². The molecule has 1 unspecified atom stereocenters. The van der Waals surface area contributed by atoms with E-state index in [1.54, 1.807) is 29.2 Å². The van der Waals surface area contributed by atoms with Crippen molar-refractivity contribution in [2.45, 2.75) is 38.5 Å². The molecule has 0 bridgehead atoms. The molecule has 146 valence electrons. The molecular weight excluding hydrogens is 364 g/mol. The lowest BCUT2D eigenvalue weighted by atomic mass is 9.77. The molecule has 0 saturated heterocycles. The van der Waals surface area contributed by atoms with Gasteiger partial charge < -0.3 is 4.74 Å². The molecule has 4 rings (SSSR count). The van der Waals surface area contributed by atoms with E-state index in [-0.39, 0.29) is 24.0 Å². The summed E-state index contributed by atoms with van der Waals surface area (Å²) in [5.41, 5.74) is 3.65. The number of ether oxygens (including phenoxy) is 1. The summed E-state index contributed by atoms with van der Waals surface area (Å²) >= 11 is 0. The van der Waals surface area contributed by atoms with Crippen LogP contribution in [-0.4, -0.2) is 18.3 Å². The highest BCUT2D eigenvalue weighted by atomic mass is 16.5. The Balaban J connectivity index is 1.84. The fourth-order valence-electron chi connectivity index (χ4n) is 4.30. The third-order valence-corrected chi connectivity index (χ3v) is 5.52. The van der Waals surface area contributed by atoms with E-state index in [0.717, 1.165) is 29.0 Å². The monoisotopic (exact) mass is 386 g/mol. The number of rotatable bonds is 4. The summed E-state index contributed by atoms with van der Waals surface area (Å²) in [7, 11) is 0. The van der Waals surface area contributed by atoms with Crippen LogP contribution in [-0.2, 0) is 9.59 Å². The third-order valence-electron chi connectivity index (χ3n) is 5.52.